The molecular weight excluding hydrogens is 130 g/mol. The van der Waals surface area contributed by atoms with Crippen molar-refractivity contribution in [3.05, 3.63) is 0 Å². The van der Waals surface area contributed by atoms with Gasteiger partial charge in [0.25, 0.3) is 0 Å². The van der Waals surface area contributed by atoms with Crippen LogP contribution in [0, 0.1) is 0 Å². The third kappa shape index (κ3) is 2.94. The molecule has 1 atom stereocenters. The molecular formula is C7H15NO2. The quantitative estimate of drug-likeness (QED) is 0.602. The number of carbonyl (C=O) groups excluding carboxylic acids is 1. The molecule has 0 spiro atoms. The average Bonchev–Trinajstić information content (AvgIpc) is 1.60. The fourth-order valence-corrected chi connectivity index (χ4v) is 0.727. The molecule has 0 bridgehead atoms. The molecule has 0 rings (SSSR count). The highest BCUT2D eigenvalue weighted by molar-refractivity contribution is 5.84. The van der Waals surface area contributed by atoms with Gasteiger partial charge < -0.3 is 10.0 Å². The predicted molar refractivity (Wildman–Crippen MR) is 39.9 cm³/mol. The SMILES string of the molecule is CC(=O)C(C)(O)CN(C)C. The van der Waals surface area contributed by atoms with E-state index in [9.17, 15) is 9.90 Å². The lowest BCUT2D eigenvalue weighted by Crippen LogP contribution is -2.43. The molecule has 60 valence electrons. The van der Waals surface area contributed by atoms with Crippen LogP contribution in [-0.4, -0.2) is 42.0 Å². The number of carbonyl (C=O) groups is 1. The second-order valence-corrected chi connectivity index (χ2v) is 3.07. The van der Waals surface area contributed by atoms with Crippen LogP contribution < -0.4 is 0 Å². The molecule has 0 aromatic rings. The zero-order valence-corrected chi connectivity index (χ0v) is 7.01. The monoisotopic (exact) mass is 145 g/mol. The molecule has 0 radical (unpaired) electrons. The maximum atomic E-state index is 10.7. The molecule has 0 amide bonds. The molecule has 0 aromatic heterocycles. The molecule has 10 heavy (non-hydrogen) atoms. The predicted octanol–water partition coefficient (Wildman–Crippen LogP) is -0.112. The Bertz CT molecular complexity index is 130. The Morgan fingerprint density at radius 3 is 2.10 bits per heavy atom. The molecule has 0 saturated heterocycles. The average molecular weight is 145 g/mol. The number of ketones is 1. The minimum atomic E-state index is -1.19. The van der Waals surface area contributed by atoms with Crippen molar-refractivity contribution in [2.24, 2.45) is 0 Å². The Labute approximate surface area is 61.6 Å². The van der Waals surface area contributed by atoms with Gasteiger partial charge in [-0.3, -0.25) is 4.79 Å². The summed E-state index contributed by atoms with van der Waals surface area (Å²) in [7, 11) is 3.63. The van der Waals surface area contributed by atoms with Gasteiger partial charge in [-0.05, 0) is 27.9 Å². The number of aliphatic hydroxyl groups is 1. The summed E-state index contributed by atoms with van der Waals surface area (Å²) >= 11 is 0. The van der Waals surface area contributed by atoms with E-state index in [2.05, 4.69) is 0 Å². The Morgan fingerprint density at radius 2 is 2.00 bits per heavy atom. The summed E-state index contributed by atoms with van der Waals surface area (Å²) in [5, 5.41) is 9.37. The van der Waals surface area contributed by atoms with E-state index in [1.807, 2.05) is 14.1 Å². The van der Waals surface area contributed by atoms with Crippen molar-refractivity contribution >= 4 is 5.78 Å². The van der Waals surface area contributed by atoms with E-state index >= 15 is 0 Å². The van der Waals surface area contributed by atoms with Crippen LogP contribution in [-0.2, 0) is 4.79 Å². The molecule has 3 heteroatoms. The number of rotatable bonds is 3. The van der Waals surface area contributed by atoms with Crippen molar-refractivity contribution in [3.8, 4) is 0 Å². The van der Waals surface area contributed by atoms with Crippen LogP contribution in [0.5, 0.6) is 0 Å². The molecule has 0 aromatic carbocycles. The Kier molecular flexibility index (Phi) is 2.99. The number of hydrogen-bond acceptors (Lipinski definition) is 3. The lowest BCUT2D eigenvalue weighted by atomic mass is 10.0. The van der Waals surface area contributed by atoms with Gasteiger partial charge in [-0.15, -0.1) is 0 Å². The first kappa shape index (κ1) is 9.59. The Balaban J connectivity index is 4.00. The van der Waals surface area contributed by atoms with E-state index in [0.29, 0.717) is 6.54 Å². The highest BCUT2D eigenvalue weighted by atomic mass is 16.3. The van der Waals surface area contributed by atoms with E-state index in [-0.39, 0.29) is 5.78 Å². The molecule has 0 fully saturated rings. The van der Waals surface area contributed by atoms with Crippen LogP contribution in [0.4, 0.5) is 0 Å². The van der Waals surface area contributed by atoms with Gasteiger partial charge in [0.1, 0.15) is 5.60 Å². The fourth-order valence-electron chi connectivity index (χ4n) is 0.727. The lowest BCUT2D eigenvalue weighted by Gasteiger charge is -2.23. The van der Waals surface area contributed by atoms with Crippen LogP contribution in [0.2, 0.25) is 0 Å². The van der Waals surface area contributed by atoms with Crippen molar-refractivity contribution in [3.63, 3.8) is 0 Å². The Hall–Kier alpha value is -0.410. The zero-order valence-electron chi connectivity index (χ0n) is 7.01. The van der Waals surface area contributed by atoms with Gasteiger partial charge >= 0.3 is 0 Å². The lowest BCUT2D eigenvalue weighted by molar-refractivity contribution is -0.134. The summed E-state index contributed by atoms with van der Waals surface area (Å²) in [5.41, 5.74) is -1.19. The van der Waals surface area contributed by atoms with Crippen molar-refractivity contribution in [1.82, 2.24) is 4.90 Å². The largest absolute Gasteiger partial charge is 0.381 e. The maximum absolute atomic E-state index is 10.7. The summed E-state index contributed by atoms with van der Waals surface area (Å²) in [6.45, 7) is 3.29. The minimum Gasteiger partial charge on any atom is -0.381 e. The van der Waals surface area contributed by atoms with Crippen LogP contribution >= 0.6 is 0 Å². The molecule has 0 heterocycles. The second-order valence-electron chi connectivity index (χ2n) is 3.07. The zero-order chi connectivity index (χ0) is 8.36. The van der Waals surface area contributed by atoms with Gasteiger partial charge in [0.05, 0.1) is 0 Å². The van der Waals surface area contributed by atoms with Crippen LogP contribution in [0.3, 0.4) is 0 Å². The smallest absolute Gasteiger partial charge is 0.162 e. The van der Waals surface area contributed by atoms with Gasteiger partial charge in [0.2, 0.25) is 0 Å². The number of nitrogens with zero attached hydrogens (tertiary/aromatic N) is 1. The molecule has 0 aliphatic rings. The van der Waals surface area contributed by atoms with E-state index < -0.39 is 5.60 Å². The van der Waals surface area contributed by atoms with E-state index in [1.165, 1.54) is 13.8 Å². The summed E-state index contributed by atoms with van der Waals surface area (Å²) in [4.78, 5) is 12.5. The second kappa shape index (κ2) is 3.12. The first-order valence-electron chi connectivity index (χ1n) is 3.24. The molecule has 0 saturated carbocycles. The molecule has 1 N–H and O–H groups in total. The minimum absolute atomic E-state index is 0.193. The van der Waals surface area contributed by atoms with Gasteiger partial charge in [-0.25, -0.2) is 0 Å². The van der Waals surface area contributed by atoms with Crippen molar-refractivity contribution in [2.45, 2.75) is 19.4 Å². The van der Waals surface area contributed by atoms with E-state index in [4.69, 9.17) is 0 Å². The van der Waals surface area contributed by atoms with Gasteiger partial charge in [-0.1, -0.05) is 0 Å². The van der Waals surface area contributed by atoms with E-state index in [1.54, 1.807) is 4.90 Å². The highest BCUT2D eigenvalue weighted by Crippen LogP contribution is 2.04. The van der Waals surface area contributed by atoms with Crippen molar-refractivity contribution in [2.75, 3.05) is 20.6 Å². The first-order chi connectivity index (χ1) is 4.36. The normalized spacial score (nSPS) is 17.0. The molecule has 1 unspecified atom stereocenters. The number of likely N-dealkylation sites (N-methyl/N-ethyl adjacent to an activating group) is 1. The summed E-state index contributed by atoms with van der Waals surface area (Å²) < 4.78 is 0. The fraction of sp³-hybridized carbons (Fsp3) is 0.857. The molecule has 0 aliphatic carbocycles. The summed E-state index contributed by atoms with van der Waals surface area (Å²) in [5.74, 6) is -0.193. The van der Waals surface area contributed by atoms with Gasteiger partial charge in [0, 0.05) is 6.54 Å². The van der Waals surface area contributed by atoms with Gasteiger partial charge in [0.15, 0.2) is 5.78 Å². The summed E-state index contributed by atoms with van der Waals surface area (Å²) in [6, 6.07) is 0. The third-order valence-electron chi connectivity index (χ3n) is 1.38. The van der Waals surface area contributed by atoms with Crippen molar-refractivity contribution in [1.29, 1.82) is 0 Å². The molecule has 3 nitrogen and oxygen atoms in total. The van der Waals surface area contributed by atoms with Crippen molar-refractivity contribution < 1.29 is 9.90 Å². The van der Waals surface area contributed by atoms with Crippen LogP contribution in [0.25, 0.3) is 0 Å². The third-order valence-corrected chi connectivity index (χ3v) is 1.38. The van der Waals surface area contributed by atoms with Gasteiger partial charge in [-0.2, -0.15) is 0 Å². The Morgan fingerprint density at radius 1 is 1.60 bits per heavy atom. The first-order valence-corrected chi connectivity index (χ1v) is 3.24. The highest BCUT2D eigenvalue weighted by Gasteiger charge is 2.26. The van der Waals surface area contributed by atoms with Crippen LogP contribution in [0.1, 0.15) is 13.8 Å². The van der Waals surface area contributed by atoms with Crippen LogP contribution in [0.15, 0.2) is 0 Å². The maximum Gasteiger partial charge on any atom is 0.162 e. The molecule has 0 aliphatic heterocycles. The topological polar surface area (TPSA) is 40.5 Å². The van der Waals surface area contributed by atoms with E-state index in [0.717, 1.165) is 0 Å². The standard InChI is InChI=1S/C7H15NO2/c1-6(9)7(2,10)5-8(3)4/h10H,5H2,1-4H3. The number of Topliss-reactive ketones (excluding diaryl/α,β-unsaturated/α-hetero) is 1. The summed E-state index contributed by atoms with van der Waals surface area (Å²) in [6.07, 6.45) is 0. The number of hydrogen-bond donors (Lipinski definition) is 1.